The van der Waals surface area contributed by atoms with Crippen LogP contribution in [0.5, 0.6) is 5.75 Å². The molecule has 26 heavy (non-hydrogen) atoms. The van der Waals surface area contributed by atoms with E-state index >= 15 is 0 Å². The van der Waals surface area contributed by atoms with Crippen molar-refractivity contribution in [1.82, 2.24) is 9.97 Å². The van der Waals surface area contributed by atoms with Crippen molar-refractivity contribution < 1.29 is 5.11 Å². The normalized spacial score (nSPS) is 18.1. The lowest BCUT2D eigenvalue weighted by Crippen LogP contribution is -2.47. The van der Waals surface area contributed by atoms with Crippen molar-refractivity contribution in [3.05, 3.63) is 35.7 Å². The van der Waals surface area contributed by atoms with Crippen LogP contribution in [0.4, 0.5) is 11.6 Å². The first-order valence-corrected chi connectivity index (χ1v) is 10.2. The molecule has 6 nitrogen and oxygen atoms in total. The van der Waals surface area contributed by atoms with Gasteiger partial charge in [-0.3, -0.25) is 0 Å². The topological polar surface area (TPSA) is 78.5 Å². The van der Waals surface area contributed by atoms with Crippen molar-refractivity contribution in [3.8, 4) is 5.75 Å². The maximum Gasteiger partial charge on any atom is 0.226 e. The zero-order valence-electron chi connectivity index (χ0n) is 15.1. The zero-order chi connectivity index (χ0) is 18.1. The Morgan fingerprint density at radius 3 is 2.50 bits per heavy atom. The number of phenolic OH excluding ortho intramolecular Hbond substituents is 1. The molecule has 7 heteroatoms. The Morgan fingerprint density at radius 1 is 1.12 bits per heavy atom. The number of nitrogens with zero attached hydrogens (tertiary/aromatic N) is 4. The number of hydrogen-bond acceptors (Lipinski definition) is 7. The number of nitrogens with two attached hydrogens (primary N) is 1. The van der Waals surface area contributed by atoms with E-state index in [4.69, 9.17) is 15.7 Å². The van der Waals surface area contributed by atoms with E-state index in [1.807, 2.05) is 23.9 Å². The third-order valence-corrected chi connectivity index (χ3v) is 6.25. The Bertz CT molecular complexity index is 774. The fraction of sp³-hybridized carbons (Fsp3) is 0.474. The predicted molar refractivity (Wildman–Crippen MR) is 106 cm³/mol. The Morgan fingerprint density at radius 2 is 1.81 bits per heavy atom. The summed E-state index contributed by atoms with van der Waals surface area (Å²) in [6.45, 7) is 5.69. The van der Waals surface area contributed by atoms with Crippen LogP contribution in [0.1, 0.15) is 30.8 Å². The number of hydrogen-bond donors (Lipinski definition) is 2. The lowest BCUT2D eigenvalue weighted by Gasteiger charge is -2.36. The molecule has 1 atom stereocenters. The Hall–Kier alpha value is -1.99. The van der Waals surface area contributed by atoms with E-state index < -0.39 is 0 Å². The first-order valence-electron chi connectivity index (χ1n) is 9.24. The number of anilines is 2. The van der Waals surface area contributed by atoms with Gasteiger partial charge in [0.1, 0.15) is 5.75 Å². The number of aromatic nitrogens is 2. The molecule has 2 aliphatic rings. The molecule has 0 amide bonds. The molecule has 0 saturated carbocycles. The van der Waals surface area contributed by atoms with Gasteiger partial charge in [0, 0.05) is 50.1 Å². The SMILES string of the molecule is CCC(N)c1nc(N2CCN(c3ccc(O)cc3)CC2)nc2c1SCC2. The summed E-state index contributed by atoms with van der Waals surface area (Å²) >= 11 is 1.84. The highest BCUT2D eigenvalue weighted by Gasteiger charge is 2.26. The Kier molecular flexibility index (Phi) is 4.91. The van der Waals surface area contributed by atoms with E-state index in [1.165, 1.54) is 10.6 Å². The number of aryl methyl sites for hydroxylation is 1. The Balaban J connectivity index is 1.51. The van der Waals surface area contributed by atoms with E-state index in [9.17, 15) is 5.11 Å². The van der Waals surface area contributed by atoms with E-state index in [0.29, 0.717) is 5.75 Å². The molecule has 3 N–H and O–H groups in total. The number of fused-ring (bicyclic) bond motifs is 1. The minimum Gasteiger partial charge on any atom is -0.508 e. The third-order valence-electron chi connectivity index (χ3n) is 5.10. The second-order valence-electron chi connectivity index (χ2n) is 6.79. The third kappa shape index (κ3) is 3.33. The van der Waals surface area contributed by atoms with Crippen LogP contribution < -0.4 is 15.5 Å². The van der Waals surface area contributed by atoms with E-state index in [2.05, 4.69) is 16.7 Å². The summed E-state index contributed by atoms with van der Waals surface area (Å²) in [4.78, 5) is 15.5. The van der Waals surface area contributed by atoms with Gasteiger partial charge in [0.15, 0.2) is 0 Å². The fourth-order valence-corrected chi connectivity index (χ4v) is 4.65. The molecule has 1 unspecified atom stereocenters. The average Bonchev–Trinajstić information content (AvgIpc) is 3.16. The van der Waals surface area contributed by atoms with Crippen LogP contribution in [-0.2, 0) is 6.42 Å². The summed E-state index contributed by atoms with van der Waals surface area (Å²) < 4.78 is 0. The van der Waals surface area contributed by atoms with Gasteiger partial charge in [-0.15, -0.1) is 11.8 Å². The van der Waals surface area contributed by atoms with Crippen LogP contribution >= 0.6 is 11.8 Å². The summed E-state index contributed by atoms with van der Waals surface area (Å²) in [7, 11) is 0. The predicted octanol–water partition coefficient (Wildman–Crippen LogP) is 2.57. The second-order valence-corrected chi connectivity index (χ2v) is 7.89. The second kappa shape index (κ2) is 7.32. The van der Waals surface area contributed by atoms with Crippen molar-refractivity contribution in [2.45, 2.75) is 30.7 Å². The maximum atomic E-state index is 9.46. The first-order chi connectivity index (χ1) is 12.7. The number of aromatic hydroxyl groups is 1. The number of benzene rings is 1. The molecule has 3 heterocycles. The molecule has 1 aromatic heterocycles. The van der Waals surface area contributed by atoms with Gasteiger partial charge in [0.25, 0.3) is 0 Å². The van der Waals surface area contributed by atoms with Crippen LogP contribution in [0.15, 0.2) is 29.2 Å². The molecule has 2 aromatic rings. The fourth-order valence-electron chi connectivity index (χ4n) is 3.49. The molecule has 1 saturated heterocycles. The van der Waals surface area contributed by atoms with Crippen molar-refractivity contribution in [3.63, 3.8) is 0 Å². The van der Waals surface area contributed by atoms with Crippen LogP contribution in [0.3, 0.4) is 0 Å². The van der Waals surface area contributed by atoms with Crippen LogP contribution in [0.2, 0.25) is 0 Å². The van der Waals surface area contributed by atoms with Crippen LogP contribution in [0.25, 0.3) is 0 Å². The van der Waals surface area contributed by atoms with Crippen molar-refractivity contribution in [1.29, 1.82) is 0 Å². The molecule has 1 aromatic carbocycles. The van der Waals surface area contributed by atoms with Crippen molar-refractivity contribution in [2.24, 2.45) is 5.73 Å². The maximum absolute atomic E-state index is 9.46. The molecule has 1 fully saturated rings. The number of rotatable bonds is 4. The lowest BCUT2D eigenvalue weighted by atomic mass is 10.1. The van der Waals surface area contributed by atoms with Crippen molar-refractivity contribution >= 4 is 23.4 Å². The molecule has 0 bridgehead atoms. The largest absolute Gasteiger partial charge is 0.508 e. The number of piperazine rings is 1. The molecule has 0 spiro atoms. The van der Waals surface area contributed by atoms with E-state index in [-0.39, 0.29) is 6.04 Å². The van der Waals surface area contributed by atoms with Gasteiger partial charge in [0.05, 0.1) is 16.3 Å². The quantitative estimate of drug-likeness (QED) is 0.855. The number of thioether (sulfide) groups is 1. The van der Waals surface area contributed by atoms with Crippen LogP contribution in [0, 0.1) is 0 Å². The van der Waals surface area contributed by atoms with Gasteiger partial charge >= 0.3 is 0 Å². The first kappa shape index (κ1) is 17.4. The molecule has 0 radical (unpaired) electrons. The monoisotopic (exact) mass is 371 g/mol. The lowest BCUT2D eigenvalue weighted by molar-refractivity contribution is 0.475. The highest BCUT2D eigenvalue weighted by Crippen LogP contribution is 2.36. The molecule has 138 valence electrons. The standard InChI is InChI=1S/C19H25N5OS/c1-2-15(20)17-18-16(7-12-26-18)21-19(22-17)24-10-8-23(9-11-24)13-3-5-14(25)6-4-13/h3-6,15,25H,2,7-12,20H2,1H3. The highest BCUT2D eigenvalue weighted by atomic mass is 32.2. The van der Waals surface area contributed by atoms with Gasteiger partial charge in [-0.2, -0.15) is 0 Å². The summed E-state index contributed by atoms with van der Waals surface area (Å²) in [6.07, 6.45) is 1.89. The summed E-state index contributed by atoms with van der Waals surface area (Å²) in [5.41, 5.74) is 9.66. The average molecular weight is 372 g/mol. The zero-order valence-corrected chi connectivity index (χ0v) is 15.9. The van der Waals surface area contributed by atoms with Crippen molar-refractivity contribution in [2.75, 3.05) is 41.7 Å². The minimum atomic E-state index is -0.0191. The van der Waals surface area contributed by atoms with Gasteiger partial charge in [-0.25, -0.2) is 9.97 Å². The van der Waals surface area contributed by atoms with Gasteiger partial charge in [0.2, 0.25) is 5.95 Å². The van der Waals surface area contributed by atoms with Crippen LogP contribution in [-0.4, -0.2) is 47.0 Å². The summed E-state index contributed by atoms with van der Waals surface area (Å²) in [5, 5.41) is 9.46. The number of phenols is 1. The molecule has 2 aliphatic heterocycles. The summed E-state index contributed by atoms with van der Waals surface area (Å²) in [6, 6.07) is 7.39. The van der Waals surface area contributed by atoms with Gasteiger partial charge < -0.3 is 20.6 Å². The molecular weight excluding hydrogens is 346 g/mol. The van der Waals surface area contributed by atoms with E-state index in [0.717, 1.165) is 62.1 Å². The van der Waals surface area contributed by atoms with Gasteiger partial charge in [-0.1, -0.05) is 6.92 Å². The van der Waals surface area contributed by atoms with E-state index in [1.54, 1.807) is 12.1 Å². The molecule has 0 aliphatic carbocycles. The molecule has 4 rings (SSSR count). The highest BCUT2D eigenvalue weighted by molar-refractivity contribution is 7.99. The smallest absolute Gasteiger partial charge is 0.226 e. The van der Waals surface area contributed by atoms with Gasteiger partial charge in [-0.05, 0) is 30.7 Å². The molecular formula is C19H25N5OS. The summed E-state index contributed by atoms with van der Waals surface area (Å²) in [5.74, 6) is 2.21. The minimum absolute atomic E-state index is 0.0191. The Labute approximate surface area is 158 Å².